The van der Waals surface area contributed by atoms with Gasteiger partial charge in [0.2, 0.25) is 0 Å². The normalized spacial score (nSPS) is 28.0. The highest BCUT2D eigenvalue weighted by Gasteiger charge is 2.42. The Morgan fingerprint density at radius 2 is 1.68 bits per heavy atom. The summed E-state index contributed by atoms with van der Waals surface area (Å²) in [5, 5.41) is 14.2. The first-order valence-corrected chi connectivity index (χ1v) is 15.4. The van der Waals surface area contributed by atoms with Gasteiger partial charge in [-0.2, -0.15) is 0 Å². The summed E-state index contributed by atoms with van der Waals surface area (Å²) in [5.41, 5.74) is 1.09. The number of hydrogen-bond acceptors (Lipinski definition) is 7. The van der Waals surface area contributed by atoms with Crippen molar-refractivity contribution in [1.82, 2.24) is 29.2 Å². The number of rotatable bonds is 7. The summed E-state index contributed by atoms with van der Waals surface area (Å²) >= 11 is 0. The van der Waals surface area contributed by atoms with Crippen LogP contribution in [0.1, 0.15) is 58.4 Å². The first-order chi connectivity index (χ1) is 19.8. The zero-order valence-electron chi connectivity index (χ0n) is 24.3. The molecule has 11 nitrogen and oxygen atoms in total. The van der Waals surface area contributed by atoms with Crippen molar-refractivity contribution in [2.45, 2.75) is 88.7 Å². The Hall–Kier alpha value is -2.73. The zero-order chi connectivity index (χ0) is 28.7. The van der Waals surface area contributed by atoms with Gasteiger partial charge >= 0.3 is 11.7 Å². The maximum Gasteiger partial charge on any atom is 0.337 e. The van der Waals surface area contributed by atoms with Crippen LogP contribution in [0.2, 0.25) is 0 Å². The molecule has 6 rings (SSSR count). The van der Waals surface area contributed by atoms with Gasteiger partial charge < -0.3 is 20.1 Å². The molecule has 2 aromatic rings. The monoisotopic (exact) mass is 568 g/mol. The van der Waals surface area contributed by atoms with Gasteiger partial charge in [-0.05, 0) is 64.5 Å². The molecule has 5 atom stereocenters. The third-order valence-corrected chi connectivity index (χ3v) is 9.49. The van der Waals surface area contributed by atoms with E-state index in [2.05, 4.69) is 15.1 Å². The number of hydrogen-bond donors (Lipinski definition) is 2. The van der Waals surface area contributed by atoms with E-state index in [9.17, 15) is 19.5 Å². The molecule has 11 heteroatoms. The number of aliphatic hydroxyl groups excluding tert-OH is 1. The highest BCUT2D eigenvalue weighted by atomic mass is 16.5. The van der Waals surface area contributed by atoms with E-state index in [-0.39, 0.29) is 35.8 Å². The highest BCUT2D eigenvalue weighted by Crippen LogP contribution is 2.36. The van der Waals surface area contributed by atoms with Gasteiger partial charge in [-0.15, -0.1) is 0 Å². The van der Waals surface area contributed by atoms with Crippen LogP contribution in [0.15, 0.2) is 29.1 Å². The molecule has 0 saturated carbocycles. The predicted octanol–water partition coefficient (Wildman–Crippen LogP) is 1.62. The van der Waals surface area contributed by atoms with Crippen LogP contribution in [0.3, 0.4) is 0 Å². The Labute approximate surface area is 241 Å². The second kappa shape index (κ2) is 11.9. The van der Waals surface area contributed by atoms with E-state index in [0.717, 1.165) is 57.1 Å². The van der Waals surface area contributed by atoms with Crippen LogP contribution in [0.5, 0.6) is 0 Å². The van der Waals surface area contributed by atoms with Crippen molar-refractivity contribution in [3.8, 4) is 0 Å². The molecule has 2 amide bonds. The van der Waals surface area contributed by atoms with Gasteiger partial charge in [0, 0.05) is 70.0 Å². The molecule has 41 heavy (non-hydrogen) atoms. The fraction of sp³-hybridized carbons (Fsp3) is 0.700. The van der Waals surface area contributed by atoms with Crippen molar-refractivity contribution in [3.05, 3.63) is 34.7 Å². The number of carbonyl (C=O) groups excluding carboxylic acids is 2. The number of nitrogens with zero attached hydrogens (tertiary/aromatic N) is 5. The third-order valence-electron chi connectivity index (χ3n) is 9.49. The van der Waals surface area contributed by atoms with Crippen LogP contribution >= 0.6 is 0 Å². The van der Waals surface area contributed by atoms with Gasteiger partial charge in [0.15, 0.2) is 0 Å². The summed E-state index contributed by atoms with van der Waals surface area (Å²) < 4.78 is 8.51. The average Bonchev–Trinajstić information content (AvgIpc) is 3.64. The molecule has 0 radical (unpaired) electrons. The van der Waals surface area contributed by atoms with Gasteiger partial charge in [0.25, 0.3) is 5.91 Å². The van der Waals surface area contributed by atoms with Crippen molar-refractivity contribution in [2.24, 2.45) is 0 Å². The van der Waals surface area contributed by atoms with E-state index >= 15 is 0 Å². The molecule has 1 aromatic heterocycles. The number of fused-ring (bicyclic) bond motifs is 3. The van der Waals surface area contributed by atoms with Gasteiger partial charge in [0.05, 0.1) is 17.1 Å². The highest BCUT2D eigenvalue weighted by molar-refractivity contribution is 5.89. The van der Waals surface area contributed by atoms with E-state index in [0.29, 0.717) is 50.4 Å². The second-order valence-electron chi connectivity index (χ2n) is 12.6. The van der Waals surface area contributed by atoms with E-state index in [1.807, 2.05) is 43.0 Å². The van der Waals surface area contributed by atoms with Gasteiger partial charge in [-0.25, -0.2) is 14.2 Å². The minimum Gasteiger partial charge on any atom is -0.390 e. The Bertz CT molecular complexity index is 1290. The summed E-state index contributed by atoms with van der Waals surface area (Å²) in [4.78, 5) is 45.8. The average molecular weight is 569 g/mol. The number of benzene rings is 1. The molecule has 1 aromatic carbocycles. The van der Waals surface area contributed by atoms with Gasteiger partial charge in [-0.1, -0.05) is 12.1 Å². The summed E-state index contributed by atoms with van der Waals surface area (Å²) in [7, 11) is 0. The lowest BCUT2D eigenvalue weighted by Crippen LogP contribution is -2.56. The molecule has 0 unspecified atom stereocenters. The molecule has 4 aliphatic heterocycles. The number of nitrogens with one attached hydrogen (secondary N) is 1. The number of piperidine rings is 1. The fourth-order valence-electron chi connectivity index (χ4n) is 7.52. The van der Waals surface area contributed by atoms with Crippen molar-refractivity contribution in [3.63, 3.8) is 0 Å². The number of aromatic nitrogens is 2. The summed E-state index contributed by atoms with van der Waals surface area (Å²) in [6.07, 6.45) is 4.79. The Kier molecular flexibility index (Phi) is 8.22. The number of β-amino-alcohol motifs (C(OH)–C–C–N with tert-alkyl or cyclic N) is 1. The maximum atomic E-state index is 13.4. The molecule has 5 heterocycles. The van der Waals surface area contributed by atoms with Crippen LogP contribution < -0.4 is 11.0 Å². The zero-order valence-corrected chi connectivity index (χ0v) is 24.3. The Morgan fingerprint density at radius 3 is 2.32 bits per heavy atom. The topological polar surface area (TPSA) is 112 Å². The van der Waals surface area contributed by atoms with Gasteiger partial charge in [0.1, 0.15) is 6.10 Å². The molecular weight excluding hydrogens is 524 g/mol. The first kappa shape index (κ1) is 28.4. The smallest absolute Gasteiger partial charge is 0.337 e. The van der Waals surface area contributed by atoms with Crippen LogP contribution in [0, 0.1) is 0 Å². The molecule has 0 aliphatic carbocycles. The second-order valence-corrected chi connectivity index (χ2v) is 12.6. The van der Waals surface area contributed by atoms with Crippen LogP contribution in [0.25, 0.3) is 11.0 Å². The molecule has 224 valence electrons. The Morgan fingerprint density at radius 1 is 1.00 bits per heavy atom. The van der Waals surface area contributed by atoms with Crippen molar-refractivity contribution < 1.29 is 19.4 Å². The third kappa shape index (κ3) is 5.69. The number of amides is 2. The molecule has 0 spiro atoms. The minimum absolute atomic E-state index is 0.00378. The fourth-order valence-corrected chi connectivity index (χ4v) is 7.52. The summed E-state index contributed by atoms with van der Waals surface area (Å²) in [6.45, 7) is 8.69. The summed E-state index contributed by atoms with van der Waals surface area (Å²) in [5.74, 6) is 0.116. The lowest BCUT2D eigenvalue weighted by Gasteiger charge is -2.41. The number of carbonyl (C=O) groups is 2. The lowest BCUT2D eigenvalue weighted by atomic mass is 9.97. The Balaban J connectivity index is 1.01. The van der Waals surface area contributed by atoms with Crippen molar-refractivity contribution >= 4 is 23.0 Å². The number of piperazine rings is 1. The van der Waals surface area contributed by atoms with Crippen LogP contribution in [0.4, 0.5) is 4.79 Å². The number of ether oxygens (including phenoxy) is 1. The maximum absolute atomic E-state index is 13.4. The van der Waals surface area contributed by atoms with Crippen LogP contribution in [-0.2, 0) is 9.53 Å². The molecule has 4 saturated heterocycles. The first-order valence-electron chi connectivity index (χ1n) is 15.4. The molecule has 4 fully saturated rings. The quantitative estimate of drug-likeness (QED) is 0.522. The SMILES string of the molecule is CC(C)n1c(=O)n(C(=O)N[C@@H]2C[C@H]3CC[C@@H](C2)N3C[C@@H](O)CN2CCN(C(=O)[C@H]3CCCO3)CC2)c2ccccc21. The molecule has 4 aliphatic rings. The minimum atomic E-state index is -0.467. The van der Waals surface area contributed by atoms with Crippen molar-refractivity contribution in [2.75, 3.05) is 45.9 Å². The molecule has 2 N–H and O–H groups in total. The lowest BCUT2D eigenvalue weighted by molar-refractivity contribution is -0.142. The van der Waals surface area contributed by atoms with E-state index < -0.39 is 6.10 Å². The van der Waals surface area contributed by atoms with E-state index in [1.165, 1.54) is 4.57 Å². The number of para-hydroxylation sites is 2. The van der Waals surface area contributed by atoms with Crippen molar-refractivity contribution in [1.29, 1.82) is 0 Å². The number of imidazole rings is 1. The van der Waals surface area contributed by atoms with E-state index in [4.69, 9.17) is 4.74 Å². The molecular formula is C30H44N6O5. The number of aliphatic hydroxyl groups is 1. The predicted molar refractivity (Wildman–Crippen MR) is 155 cm³/mol. The molecule has 2 bridgehead atoms. The standard InChI is InChI=1S/C30H44N6O5/c1-20(2)35-25-6-3-4-7-26(25)36(30(35)40)29(39)31-21-16-22-9-10-23(17-21)34(22)19-24(37)18-32-11-13-33(14-12-32)28(38)27-8-5-15-41-27/h3-4,6-7,20-24,27,37H,5,8-19H2,1-2H3,(H,31,39)/t21-,22-,23+,24-,27+/m0/s1. The largest absolute Gasteiger partial charge is 0.390 e. The summed E-state index contributed by atoms with van der Waals surface area (Å²) in [6, 6.07) is 7.65. The van der Waals surface area contributed by atoms with Crippen LogP contribution in [-0.4, -0.2) is 117 Å². The van der Waals surface area contributed by atoms with Gasteiger partial charge in [-0.3, -0.25) is 19.2 Å². The van der Waals surface area contributed by atoms with E-state index in [1.54, 1.807) is 4.57 Å².